The summed E-state index contributed by atoms with van der Waals surface area (Å²) in [6.45, 7) is 1.16. The molecule has 8 heteroatoms. The van der Waals surface area contributed by atoms with Crippen LogP contribution in [0.1, 0.15) is 24.8 Å². The number of halogens is 2. The maximum absolute atomic E-state index is 12.5. The van der Waals surface area contributed by atoms with Gasteiger partial charge in [0.05, 0.1) is 20.6 Å². The standard InChI is InChI=1S/C19H20Cl2N2O3S/c20-16-4-3-5-17(21)19(16)22-18(24)11-8-14-6-9-15(10-7-14)27(25,26)23-12-1-2-13-23/h3-7,9-10H,1-2,8,11-13H2,(H,22,24). The number of sulfonamides is 1. The van der Waals surface area contributed by atoms with Crippen molar-refractivity contribution in [2.75, 3.05) is 18.4 Å². The second-order valence-corrected chi connectivity index (χ2v) is 9.15. The van der Waals surface area contributed by atoms with Gasteiger partial charge in [-0.3, -0.25) is 4.79 Å². The predicted molar refractivity (Wildman–Crippen MR) is 108 cm³/mol. The van der Waals surface area contributed by atoms with E-state index in [4.69, 9.17) is 23.2 Å². The van der Waals surface area contributed by atoms with Crippen LogP contribution >= 0.6 is 23.2 Å². The van der Waals surface area contributed by atoms with E-state index in [0.717, 1.165) is 18.4 Å². The average molecular weight is 427 g/mol. The third kappa shape index (κ3) is 4.82. The minimum Gasteiger partial charge on any atom is -0.324 e. The molecule has 1 fully saturated rings. The summed E-state index contributed by atoms with van der Waals surface area (Å²) in [5.74, 6) is -0.209. The molecule has 144 valence electrons. The van der Waals surface area contributed by atoms with Crippen LogP contribution < -0.4 is 5.32 Å². The summed E-state index contributed by atoms with van der Waals surface area (Å²) in [4.78, 5) is 12.5. The Morgan fingerprint density at radius 2 is 1.59 bits per heavy atom. The Balaban J connectivity index is 1.59. The Morgan fingerprint density at radius 3 is 2.19 bits per heavy atom. The van der Waals surface area contributed by atoms with Crippen molar-refractivity contribution in [3.63, 3.8) is 0 Å². The van der Waals surface area contributed by atoms with E-state index in [-0.39, 0.29) is 12.3 Å². The molecule has 1 heterocycles. The van der Waals surface area contributed by atoms with E-state index in [1.54, 1.807) is 42.5 Å². The second kappa shape index (κ2) is 8.61. The Kier molecular flexibility index (Phi) is 6.42. The summed E-state index contributed by atoms with van der Waals surface area (Å²) in [5, 5.41) is 3.48. The Hall–Kier alpha value is -1.60. The van der Waals surface area contributed by atoms with Crippen molar-refractivity contribution in [3.8, 4) is 0 Å². The first-order chi connectivity index (χ1) is 12.9. The molecule has 1 N–H and O–H groups in total. The number of nitrogens with zero attached hydrogens (tertiary/aromatic N) is 1. The molecule has 27 heavy (non-hydrogen) atoms. The van der Waals surface area contributed by atoms with Gasteiger partial charge < -0.3 is 5.32 Å². The smallest absolute Gasteiger partial charge is 0.243 e. The fraction of sp³-hybridized carbons (Fsp3) is 0.316. The van der Waals surface area contributed by atoms with Gasteiger partial charge in [0, 0.05) is 19.5 Å². The topological polar surface area (TPSA) is 66.5 Å². The highest BCUT2D eigenvalue weighted by Gasteiger charge is 2.26. The molecular formula is C19H20Cl2N2O3S. The number of hydrogen-bond acceptors (Lipinski definition) is 3. The summed E-state index contributed by atoms with van der Waals surface area (Å²) < 4.78 is 26.5. The van der Waals surface area contributed by atoms with Crippen molar-refractivity contribution in [1.82, 2.24) is 4.31 Å². The molecular weight excluding hydrogens is 407 g/mol. The van der Waals surface area contributed by atoms with Crippen LogP contribution in [-0.4, -0.2) is 31.7 Å². The number of anilines is 1. The number of carbonyl (C=O) groups is 1. The lowest BCUT2D eigenvalue weighted by molar-refractivity contribution is -0.116. The number of aryl methyl sites for hydroxylation is 1. The monoisotopic (exact) mass is 426 g/mol. The molecule has 1 amide bonds. The van der Waals surface area contributed by atoms with Gasteiger partial charge in [0.15, 0.2) is 0 Å². The van der Waals surface area contributed by atoms with Crippen molar-refractivity contribution in [2.24, 2.45) is 0 Å². The van der Waals surface area contributed by atoms with Crippen molar-refractivity contribution in [1.29, 1.82) is 0 Å². The van der Waals surface area contributed by atoms with Crippen LogP contribution in [0.25, 0.3) is 0 Å². The molecule has 1 aliphatic heterocycles. The molecule has 3 rings (SSSR count). The molecule has 0 atom stereocenters. The Labute approximate surface area is 169 Å². The van der Waals surface area contributed by atoms with Crippen molar-refractivity contribution >= 4 is 44.8 Å². The quantitative estimate of drug-likeness (QED) is 0.746. The van der Waals surface area contributed by atoms with Crippen LogP contribution in [0.15, 0.2) is 47.4 Å². The van der Waals surface area contributed by atoms with E-state index in [1.165, 1.54) is 4.31 Å². The van der Waals surface area contributed by atoms with Crippen LogP contribution in [0.3, 0.4) is 0 Å². The van der Waals surface area contributed by atoms with E-state index < -0.39 is 10.0 Å². The molecule has 0 radical (unpaired) electrons. The Morgan fingerprint density at radius 1 is 1.00 bits per heavy atom. The molecule has 2 aromatic carbocycles. The largest absolute Gasteiger partial charge is 0.324 e. The molecule has 1 saturated heterocycles. The van der Waals surface area contributed by atoms with Crippen LogP contribution in [0.2, 0.25) is 10.0 Å². The third-order valence-electron chi connectivity index (χ3n) is 4.49. The van der Waals surface area contributed by atoms with Gasteiger partial charge in [-0.2, -0.15) is 4.31 Å². The van der Waals surface area contributed by atoms with Crippen molar-refractivity contribution in [2.45, 2.75) is 30.6 Å². The minimum atomic E-state index is -3.41. The average Bonchev–Trinajstić information content (AvgIpc) is 3.19. The van der Waals surface area contributed by atoms with Crippen LogP contribution in [-0.2, 0) is 21.2 Å². The zero-order chi connectivity index (χ0) is 19.4. The van der Waals surface area contributed by atoms with Crippen LogP contribution in [0.5, 0.6) is 0 Å². The number of amides is 1. The summed E-state index contributed by atoms with van der Waals surface area (Å²) in [7, 11) is -3.41. The summed E-state index contributed by atoms with van der Waals surface area (Å²) >= 11 is 12.1. The van der Waals surface area contributed by atoms with E-state index in [0.29, 0.717) is 40.1 Å². The number of carbonyl (C=O) groups excluding carboxylic acids is 1. The number of para-hydroxylation sites is 1. The van der Waals surface area contributed by atoms with E-state index >= 15 is 0 Å². The maximum atomic E-state index is 12.5. The van der Waals surface area contributed by atoms with Crippen LogP contribution in [0.4, 0.5) is 5.69 Å². The lowest BCUT2D eigenvalue weighted by Crippen LogP contribution is -2.27. The highest BCUT2D eigenvalue weighted by molar-refractivity contribution is 7.89. The molecule has 0 aliphatic carbocycles. The van der Waals surface area contributed by atoms with E-state index in [9.17, 15) is 13.2 Å². The number of nitrogens with one attached hydrogen (secondary N) is 1. The van der Waals surface area contributed by atoms with Crippen LogP contribution in [0, 0.1) is 0 Å². The third-order valence-corrected chi connectivity index (χ3v) is 7.04. The highest BCUT2D eigenvalue weighted by Crippen LogP contribution is 2.30. The zero-order valence-corrected chi connectivity index (χ0v) is 16.9. The molecule has 0 saturated carbocycles. The number of rotatable bonds is 6. The molecule has 0 bridgehead atoms. The lowest BCUT2D eigenvalue weighted by atomic mass is 10.1. The summed E-state index contributed by atoms with van der Waals surface area (Å²) in [5.41, 5.74) is 1.29. The Bertz CT molecular complexity index is 904. The number of hydrogen-bond donors (Lipinski definition) is 1. The molecule has 2 aromatic rings. The molecule has 0 aromatic heterocycles. The van der Waals surface area contributed by atoms with Gasteiger partial charge in [-0.1, -0.05) is 41.4 Å². The molecule has 0 spiro atoms. The van der Waals surface area contributed by atoms with Gasteiger partial charge in [-0.15, -0.1) is 0 Å². The summed E-state index contributed by atoms with van der Waals surface area (Å²) in [6, 6.07) is 11.7. The van der Waals surface area contributed by atoms with Crippen molar-refractivity contribution < 1.29 is 13.2 Å². The van der Waals surface area contributed by atoms with Gasteiger partial charge >= 0.3 is 0 Å². The first-order valence-electron chi connectivity index (χ1n) is 8.71. The SMILES string of the molecule is O=C(CCc1ccc(S(=O)(=O)N2CCCC2)cc1)Nc1c(Cl)cccc1Cl. The van der Waals surface area contributed by atoms with E-state index in [2.05, 4.69) is 5.32 Å². The zero-order valence-electron chi connectivity index (χ0n) is 14.6. The molecule has 0 unspecified atom stereocenters. The fourth-order valence-electron chi connectivity index (χ4n) is 2.98. The van der Waals surface area contributed by atoms with Gasteiger partial charge in [-0.05, 0) is 49.1 Å². The van der Waals surface area contributed by atoms with Crippen molar-refractivity contribution in [3.05, 3.63) is 58.1 Å². The number of benzene rings is 2. The van der Waals surface area contributed by atoms with E-state index in [1.807, 2.05) is 0 Å². The first kappa shape index (κ1) is 20.1. The molecule has 1 aliphatic rings. The lowest BCUT2D eigenvalue weighted by Gasteiger charge is -2.15. The summed E-state index contributed by atoms with van der Waals surface area (Å²) in [6.07, 6.45) is 2.53. The van der Waals surface area contributed by atoms with Gasteiger partial charge in [0.25, 0.3) is 0 Å². The second-order valence-electron chi connectivity index (χ2n) is 6.40. The predicted octanol–water partition coefficient (Wildman–Crippen LogP) is 4.35. The van der Waals surface area contributed by atoms with Gasteiger partial charge in [-0.25, -0.2) is 8.42 Å². The molecule has 5 nitrogen and oxygen atoms in total. The fourth-order valence-corrected chi connectivity index (χ4v) is 4.99. The highest BCUT2D eigenvalue weighted by atomic mass is 35.5. The first-order valence-corrected chi connectivity index (χ1v) is 10.9. The van der Waals surface area contributed by atoms with Gasteiger partial charge in [0.1, 0.15) is 0 Å². The minimum absolute atomic E-state index is 0.209. The van der Waals surface area contributed by atoms with Gasteiger partial charge in [0.2, 0.25) is 15.9 Å². The normalized spacial score (nSPS) is 15.0. The maximum Gasteiger partial charge on any atom is 0.243 e.